The van der Waals surface area contributed by atoms with Crippen LogP contribution in [0.4, 0.5) is 24.7 Å². The molecule has 0 radical (unpaired) electrons. The van der Waals surface area contributed by atoms with Crippen molar-refractivity contribution in [1.82, 2.24) is 9.97 Å². The Morgan fingerprint density at radius 2 is 1.79 bits per heavy atom. The molecule has 0 aliphatic carbocycles. The van der Waals surface area contributed by atoms with Crippen LogP contribution in [0, 0.1) is 0 Å². The molecule has 1 aliphatic rings. The number of thioether (sulfide) groups is 1. The summed E-state index contributed by atoms with van der Waals surface area (Å²) in [5.74, 6) is -2.71. The monoisotopic (exact) mass is 529 g/mol. The van der Waals surface area contributed by atoms with E-state index in [1.54, 1.807) is 24.3 Å². The van der Waals surface area contributed by atoms with E-state index in [2.05, 4.69) is 20.3 Å². The Balaban J connectivity index is 0.000000406. The van der Waals surface area contributed by atoms with Gasteiger partial charge in [-0.3, -0.25) is 4.79 Å². The molecule has 0 saturated carbocycles. The van der Waals surface area contributed by atoms with Gasteiger partial charge in [0.15, 0.2) is 5.17 Å². The molecule has 2 heterocycles. The molecule has 3 aromatic rings. The Hall–Kier alpha value is -3.35. The van der Waals surface area contributed by atoms with Gasteiger partial charge in [-0.1, -0.05) is 35.3 Å². The Morgan fingerprint density at radius 3 is 2.41 bits per heavy atom. The molecule has 0 bridgehead atoms. The number of carboxylic acids is 1. The second kappa shape index (κ2) is 10.3. The van der Waals surface area contributed by atoms with Gasteiger partial charge in [0, 0.05) is 5.39 Å². The molecule has 1 aromatic heterocycles. The van der Waals surface area contributed by atoms with Crippen molar-refractivity contribution in [2.24, 2.45) is 4.99 Å². The molecule has 8 nitrogen and oxygen atoms in total. The largest absolute Gasteiger partial charge is 0.490 e. The first-order valence-corrected chi connectivity index (χ1v) is 10.6. The number of nitrogens with two attached hydrogens (primary N) is 1. The number of carbonyl (C=O) groups excluding carboxylic acids is 1. The van der Waals surface area contributed by atoms with Gasteiger partial charge in [0.25, 0.3) is 5.91 Å². The summed E-state index contributed by atoms with van der Waals surface area (Å²) in [6.45, 7) is 0. The predicted octanol–water partition coefficient (Wildman–Crippen LogP) is 5.23. The number of amidine groups is 1. The van der Waals surface area contributed by atoms with Crippen LogP contribution in [0.2, 0.25) is 10.0 Å². The topological polar surface area (TPSA) is 131 Å². The van der Waals surface area contributed by atoms with E-state index in [4.69, 9.17) is 38.8 Å². The maximum Gasteiger partial charge on any atom is 0.490 e. The van der Waals surface area contributed by atoms with Crippen molar-refractivity contribution in [2.75, 3.05) is 11.1 Å². The van der Waals surface area contributed by atoms with Crippen molar-refractivity contribution < 1.29 is 27.9 Å². The molecule has 1 amide bonds. The lowest BCUT2D eigenvalue weighted by molar-refractivity contribution is -0.192. The van der Waals surface area contributed by atoms with Gasteiger partial charge in [0.2, 0.25) is 0 Å². The minimum absolute atomic E-state index is 0.344. The fourth-order valence-electron chi connectivity index (χ4n) is 2.52. The van der Waals surface area contributed by atoms with E-state index in [-0.39, 0.29) is 5.91 Å². The Labute approximate surface area is 203 Å². The third kappa shape index (κ3) is 6.16. The number of amides is 1. The summed E-state index contributed by atoms with van der Waals surface area (Å²) in [6, 6.07) is 10.7. The van der Waals surface area contributed by atoms with Gasteiger partial charge in [-0.2, -0.15) is 18.2 Å². The van der Waals surface area contributed by atoms with Crippen molar-refractivity contribution in [3.05, 3.63) is 63.2 Å². The van der Waals surface area contributed by atoms with Crippen LogP contribution in [0.1, 0.15) is 5.56 Å². The van der Waals surface area contributed by atoms with Crippen molar-refractivity contribution in [2.45, 2.75) is 6.18 Å². The number of aromatic nitrogens is 2. The van der Waals surface area contributed by atoms with Crippen LogP contribution in [0.25, 0.3) is 17.0 Å². The van der Waals surface area contributed by atoms with Crippen molar-refractivity contribution in [3.8, 4) is 0 Å². The van der Waals surface area contributed by atoms with Crippen LogP contribution in [0.5, 0.6) is 0 Å². The van der Waals surface area contributed by atoms with E-state index < -0.39 is 12.1 Å². The van der Waals surface area contributed by atoms with Crippen molar-refractivity contribution in [1.29, 1.82) is 0 Å². The number of anilines is 2. The quantitative estimate of drug-likeness (QED) is 0.384. The number of nitrogen functional groups attached to an aromatic ring is 1. The second-order valence-corrected chi connectivity index (χ2v) is 8.24. The average molecular weight is 530 g/mol. The average Bonchev–Trinajstić information content (AvgIpc) is 3.10. The number of rotatable bonds is 2. The number of carbonyl (C=O) groups is 2. The van der Waals surface area contributed by atoms with Crippen LogP contribution >= 0.6 is 35.0 Å². The predicted molar refractivity (Wildman–Crippen MR) is 126 cm³/mol. The first-order valence-electron chi connectivity index (χ1n) is 8.99. The van der Waals surface area contributed by atoms with Gasteiger partial charge in [-0.25, -0.2) is 14.8 Å². The van der Waals surface area contributed by atoms with E-state index in [1.807, 2.05) is 18.2 Å². The SMILES string of the molecule is Nc1ncnc2ccc(/C=C3\SC(Nc4c(Cl)cccc4Cl)=NC3=O)cc12.O=C(O)C(F)(F)F. The van der Waals surface area contributed by atoms with Crippen LogP contribution in [-0.4, -0.2) is 38.3 Å². The molecule has 0 atom stereocenters. The molecule has 0 fully saturated rings. The zero-order valence-corrected chi connectivity index (χ0v) is 18.9. The zero-order chi connectivity index (χ0) is 25.0. The summed E-state index contributed by atoms with van der Waals surface area (Å²) in [7, 11) is 0. The lowest BCUT2D eigenvalue weighted by atomic mass is 10.1. The minimum atomic E-state index is -5.08. The number of nitrogens with zero attached hydrogens (tertiary/aromatic N) is 3. The van der Waals surface area contributed by atoms with Crippen LogP contribution in [0.15, 0.2) is 52.6 Å². The van der Waals surface area contributed by atoms with Gasteiger partial charge in [0.05, 0.1) is 26.2 Å². The maximum absolute atomic E-state index is 12.2. The summed E-state index contributed by atoms with van der Waals surface area (Å²) in [5, 5.41) is 12.2. The molecule has 176 valence electrons. The van der Waals surface area contributed by atoms with Gasteiger partial charge >= 0.3 is 12.1 Å². The van der Waals surface area contributed by atoms with Crippen molar-refractivity contribution >= 4 is 80.5 Å². The number of hydrogen-bond donors (Lipinski definition) is 3. The summed E-state index contributed by atoms with van der Waals surface area (Å²) in [6.07, 6.45) is -1.93. The number of nitrogens with one attached hydrogen (secondary N) is 1. The number of carboxylic acid groups (broad SMARTS) is 1. The first kappa shape index (κ1) is 25.3. The van der Waals surface area contributed by atoms with Crippen molar-refractivity contribution in [3.63, 3.8) is 0 Å². The number of halogens is 5. The fraction of sp³-hybridized carbons (Fsp3) is 0.0500. The molecule has 1 aliphatic heterocycles. The maximum atomic E-state index is 12.2. The number of hydrogen-bond acceptors (Lipinski definition) is 7. The van der Waals surface area contributed by atoms with E-state index >= 15 is 0 Å². The first-order chi connectivity index (χ1) is 16.0. The van der Waals surface area contributed by atoms with E-state index in [0.29, 0.717) is 31.6 Å². The van der Waals surface area contributed by atoms with Gasteiger partial charge in [-0.15, -0.1) is 0 Å². The fourth-order valence-corrected chi connectivity index (χ4v) is 3.83. The molecule has 2 aromatic carbocycles. The van der Waals surface area contributed by atoms with Crippen LogP contribution in [-0.2, 0) is 9.59 Å². The molecular weight excluding hydrogens is 518 g/mol. The second-order valence-electron chi connectivity index (χ2n) is 6.39. The third-order valence-corrected chi connectivity index (χ3v) is 5.57. The highest BCUT2D eigenvalue weighted by atomic mass is 35.5. The molecule has 4 N–H and O–H groups in total. The van der Waals surface area contributed by atoms with Crippen LogP contribution in [0.3, 0.4) is 0 Å². The minimum Gasteiger partial charge on any atom is -0.475 e. The lowest BCUT2D eigenvalue weighted by Crippen LogP contribution is -2.21. The lowest BCUT2D eigenvalue weighted by Gasteiger charge is -2.08. The Bertz CT molecular complexity index is 1330. The number of alkyl halides is 3. The number of aliphatic imine (C=N–C) groups is 1. The summed E-state index contributed by atoms with van der Waals surface area (Å²) in [5.41, 5.74) is 7.94. The zero-order valence-electron chi connectivity index (χ0n) is 16.6. The number of benzene rings is 2. The Morgan fingerprint density at radius 1 is 1.15 bits per heavy atom. The van der Waals surface area contributed by atoms with Crippen LogP contribution < -0.4 is 11.1 Å². The molecule has 14 heteroatoms. The highest BCUT2D eigenvalue weighted by Gasteiger charge is 2.38. The summed E-state index contributed by atoms with van der Waals surface area (Å²) < 4.78 is 31.7. The van der Waals surface area contributed by atoms with E-state index in [9.17, 15) is 18.0 Å². The Kier molecular flexibility index (Phi) is 7.64. The molecule has 0 unspecified atom stereocenters. The highest BCUT2D eigenvalue weighted by molar-refractivity contribution is 8.18. The smallest absolute Gasteiger partial charge is 0.475 e. The summed E-state index contributed by atoms with van der Waals surface area (Å²) >= 11 is 13.5. The standard InChI is InChI=1S/C18H11Cl2N5OS.C2HF3O2/c19-11-2-1-3-12(20)15(11)24-18-25-17(26)14(27-18)7-9-4-5-13-10(6-9)16(21)23-8-22-13;3-2(4,5)1(6)7/h1-8H,(H2,21,22,23)(H,24,25,26);(H,6,7)/b14-7-;. The third-order valence-electron chi connectivity index (χ3n) is 4.05. The molecule has 0 spiro atoms. The van der Waals surface area contributed by atoms with E-state index in [0.717, 1.165) is 16.5 Å². The number of para-hydroxylation sites is 1. The van der Waals surface area contributed by atoms with E-state index in [1.165, 1.54) is 18.1 Å². The number of fused-ring (bicyclic) bond motifs is 1. The molecule has 34 heavy (non-hydrogen) atoms. The number of aliphatic carboxylic acids is 1. The van der Waals surface area contributed by atoms with Gasteiger partial charge in [0.1, 0.15) is 12.1 Å². The molecule has 0 saturated heterocycles. The van der Waals surface area contributed by atoms with Gasteiger partial charge in [-0.05, 0) is 47.7 Å². The summed E-state index contributed by atoms with van der Waals surface area (Å²) in [4.78, 5) is 33.8. The molecular formula is C20H12Cl2F3N5O3S. The normalized spacial score (nSPS) is 14.6. The molecule has 4 rings (SSSR count). The highest BCUT2D eigenvalue weighted by Crippen LogP contribution is 2.34. The van der Waals surface area contributed by atoms with Gasteiger partial charge < -0.3 is 16.2 Å².